The van der Waals surface area contributed by atoms with Crippen molar-refractivity contribution in [1.82, 2.24) is 4.90 Å². The van der Waals surface area contributed by atoms with Crippen LogP contribution in [0.1, 0.15) is 52.9 Å². The van der Waals surface area contributed by atoms with Crippen molar-refractivity contribution in [2.45, 2.75) is 58.4 Å². The van der Waals surface area contributed by atoms with E-state index in [0.717, 1.165) is 12.3 Å². The largest absolute Gasteiger partial charge is 0.396 e. The van der Waals surface area contributed by atoms with Crippen molar-refractivity contribution in [2.75, 3.05) is 19.7 Å². The van der Waals surface area contributed by atoms with Crippen molar-refractivity contribution in [3.05, 3.63) is 0 Å². The Labute approximate surface area is 94.7 Å². The van der Waals surface area contributed by atoms with E-state index in [1.54, 1.807) is 0 Å². The molecule has 1 aliphatic rings. The van der Waals surface area contributed by atoms with Crippen molar-refractivity contribution in [2.24, 2.45) is 5.92 Å². The fraction of sp³-hybridized carbons (Fsp3) is 1.00. The molecule has 15 heavy (non-hydrogen) atoms. The molecule has 0 aromatic heterocycles. The zero-order valence-electron chi connectivity index (χ0n) is 10.6. The number of likely N-dealkylation sites (tertiary alicyclic amines) is 1. The molecular weight excluding hydrogens is 186 g/mol. The molecule has 0 radical (unpaired) electrons. The number of nitrogens with zero attached hydrogens (tertiary/aromatic N) is 1. The van der Waals surface area contributed by atoms with E-state index in [9.17, 15) is 0 Å². The maximum Gasteiger partial charge on any atom is 0.0431 e. The standard InChI is InChI=1S/C13H27NO/c1-12-10-13(2,3)14(11-12)8-6-4-5-7-9-15/h12,15H,4-11H2,1-3H3. The molecule has 0 aromatic carbocycles. The lowest BCUT2D eigenvalue weighted by Crippen LogP contribution is -2.38. The first-order valence-corrected chi connectivity index (χ1v) is 6.42. The monoisotopic (exact) mass is 213 g/mol. The average molecular weight is 213 g/mol. The lowest BCUT2D eigenvalue weighted by atomic mass is 9.97. The number of hydrogen-bond donors (Lipinski definition) is 1. The Morgan fingerprint density at radius 2 is 1.87 bits per heavy atom. The molecule has 1 fully saturated rings. The lowest BCUT2D eigenvalue weighted by Gasteiger charge is -2.31. The van der Waals surface area contributed by atoms with Crippen LogP contribution in [0.5, 0.6) is 0 Å². The average Bonchev–Trinajstić information content (AvgIpc) is 2.39. The van der Waals surface area contributed by atoms with Gasteiger partial charge in [0, 0.05) is 18.7 Å². The van der Waals surface area contributed by atoms with Crippen molar-refractivity contribution >= 4 is 0 Å². The van der Waals surface area contributed by atoms with Crippen LogP contribution in [0.25, 0.3) is 0 Å². The van der Waals surface area contributed by atoms with Gasteiger partial charge in [-0.3, -0.25) is 4.90 Å². The summed E-state index contributed by atoms with van der Waals surface area (Å²) in [6.45, 7) is 9.95. The molecule has 0 aromatic rings. The molecule has 1 rings (SSSR count). The zero-order chi connectivity index (χ0) is 11.3. The summed E-state index contributed by atoms with van der Waals surface area (Å²) in [4.78, 5) is 2.64. The molecular formula is C13H27NO. The van der Waals surface area contributed by atoms with Crippen LogP contribution in [0.2, 0.25) is 0 Å². The summed E-state index contributed by atoms with van der Waals surface area (Å²) in [5.74, 6) is 0.859. The van der Waals surface area contributed by atoms with E-state index >= 15 is 0 Å². The minimum atomic E-state index is 0.353. The Morgan fingerprint density at radius 1 is 1.20 bits per heavy atom. The third kappa shape index (κ3) is 4.12. The first-order chi connectivity index (χ1) is 7.06. The van der Waals surface area contributed by atoms with Gasteiger partial charge in [-0.05, 0) is 45.6 Å². The third-order valence-electron chi connectivity index (χ3n) is 3.57. The van der Waals surface area contributed by atoms with Crippen LogP contribution in [-0.4, -0.2) is 35.2 Å². The zero-order valence-corrected chi connectivity index (χ0v) is 10.6. The number of aliphatic hydroxyl groups excluding tert-OH is 1. The smallest absolute Gasteiger partial charge is 0.0431 e. The summed E-state index contributed by atoms with van der Waals surface area (Å²) in [7, 11) is 0. The molecule has 0 saturated carbocycles. The van der Waals surface area contributed by atoms with Crippen LogP contribution in [0.3, 0.4) is 0 Å². The Balaban J connectivity index is 2.15. The van der Waals surface area contributed by atoms with Crippen molar-refractivity contribution in [3.8, 4) is 0 Å². The van der Waals surface area contributed by atoms with Gasteiger partial charge in [0.25, 0.3) is 0 Å². The summed E-state index contributed by atoms with van der Waals surface area (Å²) < 4.78 is 0. The number of rotatable bonds is 6. The minimum absolute atomic E-state index is 0.353. The Kier molecular flexibility index (Phi) is 5.07. The SMILES string of the molecule is CC1CN(CCCCCCO)C(C)(C)C1. The molecule has 1 N–H and O–H groups in total. The maximum absolute atomic E-state index is 8.68. The van der Waals surface area contributed by atoms with Gasteiger partial charge in [-0.1, -0.05) is 19.8 Å². The highest BCUT2D eigenvalue weighted by Gasteiger charge is 2.35. The molecule has 1 atom stereocenters. The molecule has 1 unspecified atom stereocenters. The molecule has 0 spiro atoms. The second kappa shape index (κ2) is 5.86. The summed E-state index contributed by atoms with van der Waals surface area (Å²) in [6.07, 6.45) is 6.04. The van der Waals surface area contributed by atoms with Gasteiger partial charge in [0.05, 0.1) is 0 Å². The third-order valence-corrected chi connectivity index (χ3v) is 3.57. The molecule has 1 aliphatic heterocycles. The van der Waals surface area contributed by atoms with Crippen LogP contribution in [0.4, 0.5) is 0 Å². The second-order valence-electron chi connectivity index (χ2n) is 5.71. The summed E-state index contributed by atoms with van der Waals surface area (Å²) in [5.41, 5.74) is 0.413. The molecule has 1 heterocycles. The first-order valence-electron chi connectivity index (χ1n) is 6.42. The topological polar surface area (TPSA) is 23.5 Å². The van der Waals surface area contributed by atoms with Crippen LogP contribution >= 0.6 is 0 Å². The quantitative estimate of drug-likeness (QED) is 0.686. The molecule has 2 nitrogen and oxygen atoms in total. The van der Waals surface area contributed by atoms with Crippen LogP contribution < -0.4 is 0 Å². The molecule has 2 heteroatoms. The van der Waals surface area contributed by atoms with Crippen molar-refractivity contribution in [1.29, 1.82) is 0 Å². The predicted octanol–water partition coefficient (Wildman–Crippen LogP) is 2.66. The van der Waals surface area contributed by atoms with E-state index in [-0.39, 0.29) is 0 Å². The highest BCUT2D eigenvalue weighted by atomic mass is 16.2. The van der Waals surface area contributed by atoms with E-state index in [1.807, 2.05) is 0 Å². The van der Waals surface area contributed by atoms with Gasteiger partial charge in [-0.15, -0.1) is 0 Å². The summed E-state index contributed by atoms with van der Waals surface area (Å²) in [5, 5.41) is 8.68. The fourth-order valence-electron chi connectivity index (χ4n) is 2.83. The van der Waals surface area contributed by atoms with E-state index in [1.165, 1.54) is 38.8 Å². The minimum Gasteiger partial charge on any atom is -0.396 e. The summed E-state index contributed by atoms with van der Waals surface area (Å²) >= 11 is 0. The lowest BCUT2D eigenvalue weighted by molar-refractivity contribution is 0.170. The molecule has 90 valence electrons. The van der Waals surface area contributed by atoms with Crippen LogP contribution in [0, 0.1) is 5.92 Å². The van der Waals surface area contributed by atoms with Gasteiger partial charge in [0.1, 0.15) is 0 Å². The van der Waals surface area contributed by atoms with Crippen molar-refractivity contribution in [3.63, 3.8) is 0 Å². The first kappa shape index (κ1) is 13.0. The van der Waals surface area contributed by atoms with Gasteiger partial charge in [-0.2, -0.15) is 0 Å². The fourth-order valence-corrected chi connectivity index (χ4v) is 2.83. The Morgan fingerprint density at radius 3 is 2.40 bits per heavy atom. The Bertz CT molecular complexity index is 179. The second-order valence-corrected chi connectivity index (χ2v) is 5.71. The highest BCUT2D eigenvalue weighted by molar-refractivity contribution is 4.90. The number of unbranched alkanes of at least 4 members (excludes halogenated alkanes) is 3. The molecule has 0 aliphatic carbocycles. The predicted molar refractivity (Wildman–Crippen MR) is 65.0 cm³/mol. The molecule has 1 saturated heterocycles. The summed E-state index contributed by atoms with van der Waals surface area (Å²) in [6, 6.07) is 0. The van der Waals surface area contributed by atoms with E-state index in [4.69, 9.17) is 5.11 Å². The van der Waals surface area contributed by atoms with Crippen LogP contribution in [0.15, 0.2) is 0 Å². The van der Waals surface area contributed by atoms with Gasteiger partial charge >= 0.3 is 0 Å². The highest BCUT2D eigenvalue weighted by Crippen LogP contribution is 2.32. The number of hydrogen-bond acceptors (Lipinski definition) is 2. The molecule has 0 amide bonds. The van der Waals surface area contributed by atoms with Gasteiger partial charge in [0.2, 0.25) is 0 Å². The van der Waals surface area contributed by atoms with E-state index < -0.39 is 0 Å². The van der Waals surface area contributed by atoms with Gasteiger partial charge < -0.3 is 5.11 Å². The Hall–Kier alpha value is -0.0800. The maximum atomic E-state index is 8.68. The number of aliphatic hydroxyl groups is 1. The van der Waals surface area contributed by atoms with Crippen molar-refractivity contribution < 1.29 is 5.11 Å². The van der Waals surface area contributed by atoms with E-state index in [0.29, 0.717) is 12.1 Å². The van der Waals surface area contributed by atoms with Gasteiger partial charge in [0.15, 0.2) is 0 Å². The molecule has 0 bridgehead atoms. The normalized spacial score (nSPS) is 26.0. The van der Waals surface area contributed by atoms with E-state index in [2.05, 4.69) is 25.7 Å². The van der Waals surface area contributed by atoms with Crippen LogP contribution in [-0.2, 0) is 0 Å². The van der Waals surface area contributed by atoms with Gasteiger partial charge in [-0.25, -0.2) is 0 Å².